The van der Waals surface area contributed by atoms with Crippen LogP contribution in [0.2, 0.25) is 0 Å². The van der Waals surface area contributed by atoms with Crippen molar-refractivity contribution in [3.8, 4) is 5.75 Å². The van der Waals surface area contributed by atoms with Crippen molar-refractivity contribution < 1.29 is 41.0 Å². The van der Waals surface area contributed by atoms with Crippen molar-refractivity contribution in [3.05, 3.63) is 60.3 Å². The molecule has 34 heavy (non-hydrogen) atoms. The van der Waals surface area contributed by atoms with Crippen LogP contribution in [0.15, 0.2) is 59.6 Å². The van der Waals surface area contributed by atoms with Crippen LogP contribution >= 0.6 is 0 Å². The summed E-state index contributed by atoms with van der Waals surface area (Å²) >= 11 is 0. The van der Waals surface area contributed by atoms with Gasteiger partial charge in [0.25, 0.3) is 15.8 Å². The minimum atomic E-state index is -5.42. The Bertz CT molecular complexity index is 1350. The number of Topliss-reactive ketones (excluding diaryl/α,β-unsaturated/α-hetero) is 1. The number of ketones is 1. The van der Waals surface area contributed by atoms with Gasteiger partial charge in [-0.3, -0.25) is 19.3 Å². The number of carbonyl (C=O) groups is 2. The number of rotatable bonds is 7. The number of hydrogen-bond donors (Lipinski definition) is 2. The number of carbonyl (C=O) groups excluding carboxylic acids is 2. The average Bonchev–Trinajstić information content (AvgIpc) is 2.74. The molecule has 2 N–H and O–H groups in total. The van der Waals surface area contributed by atoms with Crippen molar-refractivity contribution in [1.82, 2.24) is 4.98 Å². The predicted molar refractivity (Wildman–Crippen MR) is 116 cm³/mol. The van der Waals surface area contributed by atoms with Gasteiger partial charge in [-0.05, 0) is 44.2 Å². The number of ether oxygens (including phenoxy) is 1. The van der Waals surface area contributed by atoms with Gasteiger partial charge in [0.05, 0.1) is 11.6 Å². The van der Waals surface area contributed by atoms with Crippen LogP contribution in [0.4, 0.5) is 18.9 Å². The minimum absolute atomic E-state index is 0.155. The molecule has 0 aliphatic carbocycles. The first-order chi connectivity index (χ1) is 15.8. The van der Waals surface area contributed by atoms with Gasteiger partial charge in [0.2, 0.25) is 0 Å². The van der Waals surface area contributed by atoms with Crippen molar-refractivity contribution in [2.45, 2.75) is 36.9 Å². The molecule has 0 amide bonds. The zero-order valence-corrected chi connectivity index (χ0v) is 18.6. The molecule has 0 fully saturated rings. The number of aromatic nitrogens is 1. The van der Waals surface area contributed by atoms with Crippen LogP contribution in [0.25, 0.3) is 10.9 Å². The van der Waals surface area contributed by atoms with Crippen LogP contribution < -0.4 is 4.72 Å². The first-order valence-electron chi connectivity index (χ1n) is 9.82. The Hall–Kier alpha value is -3.67. The summed E-state index contributed by atoms with van der Waals surface area (Å²) in [6.07, 6.45) is -4.87. The molecule has 8 nitrogen and oxygen atoms in total. The molecule has 1 atom stereocenters. The molecule has 3 rings (SSSR count). The lowest BCUT2D eigenvalue weighted by atomic mass is 9.93. The Morgan fingerprint density at radius 1 is 1.09 bits per heavy atom. The van der Waals surface area contributed by atoms with E-state index >= 15 is 0 Å². The van der Waals surface area contributed by atoms with Gasteiger partial charge in [-0.1, -0.05) is 18.2 Å². The van der Waals surface area contributed by atoms with Gasteiger partial charge in [-0.25, -0.2) is 8.42 Å². The molecule has 2 aromatic carbocycles. The van der Waals surface area contributed by atoms with E-state index in [-0.39, 0.29) is 16.1 Å². The lowest BCUT2D eigenvalue weighted by Gasteiger charge is -2.20. The second kappa shape index (κ2) is 9.29. The minimum Gasteiger partial charge on any atom is -0.508 e. The highest BCUT2D eigenvalue weighted by atomic mass is 32.2. The molecule has 0 saturated heterocycles. The highest BCUT2D eigenvalue weighted by molar-refractivity contribution is 7.93. The molecule has 0 saturated carbocycles. The average molecular weight is 496 g/mol. The topological polar surface area (TPSA) is 123 Å². The number of phenols is 1. The molecule has 0 radical (unpaired) electrons. The largest absolute Gasteiger partial charge is 0.508 e. The van der Waals surface area contributed by atoms with Gasteiger partial charge in [0.1, 0.15) is 10.6 Å². The number of sulfonamides is 1. The summed E-state index contributed by atoms with van der Waals surface area (Å²) in [4.78, 5) is 28.2. The number of alkyl halides is 3. The zero-order valence-electron chi connectivity index (χ0n) is 17.8. The fourth-order valence-electron chi connectivity index (χ4n) is 3.19. The van der Waals surface area contributed by atoms with E-state index in [2.05, 4.69) is 9.71 Å². The Balaban J connectivity index is 2.06. The number of nitrogens with one attached hydrogen (secondary N) is 1. The number of para-hydroxylation sites is 1. The molecule has 3 aromatic rings. The maximum absolute atomic E-state index is 13.2. The number of anilines is 1. The van der Waals surface area contributed by atoms with E-state index in [1.54, 1.807) is 18.2 Å². The summed E-state index contributed by atoms with van der Waals surface area (Å²) in [5.74, 6) is -7.37. The molecule has 0 spiro atoms. The number of aromatic hydroxyl groups is 1. The predicted octanol–water partition coefficient (Wildman–Crippen LogP) is 3.91. The third-order valence-corrected chi connectivity index (χ3v) is 6.02. The third-order valence-electron chi connectivity index (χ3n) is 4.61. The molecule has 0 aliphatic rings. The molecule has 180 valence electrons. The number of halogens is 3. The van der Waals surface area contributed by atoms with Gasteiger partial charge in [0, 0.05) is 22.8 Å². The monoisotopic (exact) mass is 496 g/mol. The van der Waals surface area contributed by atoms with Crippen LogP contribution in [0, 0.1) is 0 Å². The zero-order chi connectivity index (χ0) is 25.3. The van der Waals surface area contributed by atoms with Crippen LogP contribution in [0.1, 0.15) is 25.3 Å². The summed E-state index contributed by atoms with van der Waals surface area (Å²) in [5.41, 5.74) is -0.899. The number of phenolic OH excluding ortho intramolecular Hbond substituents is 1. The van der Waals surface area contributed by atoms with E-state index in [0.717, 1.165) is 18.2 Å². The van der Waals surface area contributed by atoms with Crippen molar-refractivity contribution in [2.24, 2.45) is 0 Å². The van der Waals surface area contributed by atoms with Crippen molar-refractivity contribution in [1.29, 1.82) is 0 Å². The van der Waals surface area contributed by atoms with Crippen LogP contribution in [0.5, 0.6) is 5.75 Å². The molecule has 1 heterocycles. The lowest BCUT2D eigenvalue weighted by molar-refractivity contribution is -0.178. The van der Waals surface area contributed by atoms with E-state index in [4.69, 9.17) is 4.74 Å². The highest BCUT2D eigenvalue weighted by Crippen LogP contribution is 2.36. The Kier molecular flexibility index (Phi) is 6.82. The van der Waals surface area contributed by atoms with E-state index < -0.39 is 51.3 Å². The van der Waals surface area contributed by atoms with Crippen LogP contribution in [-0.4, -0.2) is 42.5 Å². The number of benzene rings is 2. The summed E-state index contributed by atoms with van der Waals surface area (Å²) in [6.45, 7) is 2.74. The fourth-order valence-corrected chi connectivity index (χ4v) is 4.42. The van der Waals surface area contributed by atoms with Gasteiger partial charge >= 0.3 is 12.1 Å². The molecular formula is C22H19F3N2O6S. The Labute approximate surface area is 192 Å². The van der Waals surface area contributed by atoms with E-state index in [1.807, 2.05) is 0 Å². The molecule has 0 unspecified atom stereocenters. The Morgan fingerprint density at radius 3 is 2.41 bits per heavy atom. The van der Waals surface area contributed by atoms with Crippen molar-refractivity contribution in [3.63, 3.8) is 0 Å². The highest BCUT2D eigenvalue weighted by Gasteiger charge is 2.48. The Morgan fingerprint density at radius 2 is 1.76 bits per heavy atom. The van der Waals surface area contributed by atoms with Gasteiger partial charge in [-0.2, -0.15) is 13.2 Å². The first kappa shape index (κ1) is 25.0. The second-order valence-electron chi connectivity index (χ2n) is 7.49. The summed E-state index contributed by atoms with van der Waals surface area (Å²) in [5, 5.41) is 10.7. The quantitative estimate of drug-likeness (QED) is 0.289. The number of nitrogens with zero attached hydrogens (tertiary/aromatic N) is 1. The second-order valence-corrected chi connectivity index (χ2v) is 9.14. The molecule has 0 bridgehead atoms. The third kappa shape index (κ3) is 5.28. The van der Waals surface area contributed by atoms with Gasteiger partial charge in [-0.15, -0.1) is 0 Å². The number of esters is 1. The van der Waals surface area contributed by atoms with E-state index in [9.17, 15) is 36.3 Å². The lowest BCUT2D eigenvalue weighted by Crippen LogP contribution is -2.35. The molecular weight excluding hydrogens is 477 g/mol. The molecule has 12 heteroatoms. The van der Waals surface area contributed by atoms with Crippen molar-refractivity contribution in [2.75, 3.05) is 4.72 Å². The molecule has 1 aromatic heterocycles. The van der Waals surface area contributed by atoms with Crippen LogP contribution in [-0.2, 0) is 24.3 Å². The normalized spacial score (nSPS) is 13.0. The smallest absolute Gasteiger partial charge is 0.451 e. The van der Waals surface area contributed by atoms with Gasteiger partial charge < -0.3 is 9.84 Å². The first-order valence-corrected chi connectivity index (χ1v) is 11.3. The van der Waals surface area contributed by atoms with E-state index in [0.29, 0.717) is 5.39 Å². The maximum atomic E-state index is 13.2. The fraction of sp³-hybridized carbons (Fsp3) is 0.227. The SMILES string of the molecule is CC(C)OC(=O)[C@@H](C(=O)C(F)(F)F)c1cc(NS(=O)(=O)c2cccc3cccnc23)ccc1O. The molecule has 0 aliphatic heterocycles. The van der Waals surface area contributed by atoms with Gasteiger partial charge in [0.15, 0.2) is 5.92 Å². The maximum Gasteiger partial charge on any atom is 0.451 e. The standard InChI is InChI=1S/C22H19F3N2O6S/c1-12(2)33-21(30)18(20(29)22(23,24)25)15-11-14(8-9-16(15)28)27-34(31,32)17-7-3-5-13-6-4-10-26-19(13)17/h3-12,18,27-28H,1-2H3/t18-/m1/s1. The van der Waals surface area contributed by atoms with Crippen molar-refractivity contribution >= 4 is 38.4 Å². The number of pyridine rings is 1. The summed E-state index contributed by atoms with van der Waals surface area (Å²) < 4.78 is 72.6. The number of hydrogen-bond acceptors (Lipinski definition) is 7. The van der Waals surface area contributed by atoms with E-state index in [1.165, 1.54) is 32.2 Å². The van der Waals surface area contributed by atoms with Crippen LogP contribution in [0.3, 0.4) is 0 Å². The summed E-state index contributed by atoms with van der Waals surface area (Å²) in [6, 6.07) is 10.4. The number of fused-ring (bicyclic) bond motifs is 1. The summed E-state index contributed by atoms with van der Waals surface area (Å²) in [7, 11) is -4.30.